The minimum absolute atomic E-state index is 0.553. The molecular formula is C16H20N6O2. The number of aromatic nitrogens is 3. The molecule has 0 radical (unpaired) electrons. The van der Waals surface area contributed by atoms with E-state index in [1.54, 1.807) is 18.2 Å². The Bertz CT molecular complexity index is 715. The molecule has 0 atom stereocenters. The molecule has 1 aliphatic rings. The minimum atomic E-state index is 0.553. The Kier molecular flexibility index (Phi) is 4.74. The van der Waals surface area contributed by atoms with Crippen LogP contribution in [-0.2, 0) is 4.79 Å². The first-order valence-corrected chi connectivity index (χ1v) is 7.75. The Morgan fingerprint density at radius 3 is 2.75 bits per heavy atom. The van der Waals surface area contributed by atoms with Gasteiger partial charge in [0.2, 0.25) is 12.4 Å². The number of nitrogens with zero attached hydrogens (tertiary/aromatic N) is 5. The van der Waals surface area contributed by atoms with Crippen LogP contribution in [0.3, 0.4) is 0 Å². The van der Waals surface area contributed by atoms with Crippen molar-refractivity contribution in [3.8, 4) is 5.75 Å². The van der Waals surface area contributed by atoms with Crippen molar-refractivity contribution in [3.63, 3.8) is 0 Å². The molecule has 1 aromatic carbocycles. The van der Waals surface area contributed by atoms with E-state index in [1.165, 1.54) is 0 Å². The Labute approximate surface area is 140 Å². The highest BCUT2D eigenvalue weighted by molar-refractivity contribution is 5.65. The van der Waals surface area contributed by atoms with E-state index in [2.05, 4.69) is 20.5 Å². The average molecular weight is 328 g/mol. The maximum atomic E-state index is 10.8. The van der Waals surface area contributed by atoms with Gasteiger partial charge in [-0.3, -0.25) is 4.79 Å². The van der Waals surface area contributed by atoms with Gasteiger partial charge in [-0.1, -0.05) is 6.07 Å². The molecule has 126 valence electrons. The number of carbonyl (C=O) groups excluding carboxylic acids is 1. The van der Waals surface area contributed by atoms with Crippen molar-refractivity contribution in [2.45, 2.75) is 6.92 Å². The molecule has 0 spiro atoms. The maximum absolute atomic E-state index is 10.8. The van der Waals surface area contributed by atoms with Crippen LogP contribution in [0, 0.1) is 6.92 Å². The third-order valence-corrected chi connectivity index (χ3v) is 3.91. The van der Waals surface area contributed by atoms with Crippen LogP contribution in [-0.4, -0.2) is 59.8 Å². The Hall–Kier alpha value is -2.90. The van der Waals surface area contributed by atoms with Gasteiger partial charge in [-0.2, -0.15) is 10.1 Å². The number of piperazine rings is 1. The van der Waals surface area contributed by atoms with Crippen LogP contribution in [0.15, 0.2) is 24.4 Å². The van der Waals surface area contributed by atoms with Crippen LogP contribution in [0.1, 0.15) is 5.56 Å². The first-order valence-electron chi connectivity index (χ1n) is 7.75. The fraction of sp³-hybridized carbons (Fsp3) is 0.375. The number of carbonyl (C=O) groups is 1. The zero-order valence-electron chi connectivity index (χ0n) is 13.8. The normalized spacial score (nSPS) is 14.4. The number of hydrogen-bond acceptors (Lipinski definition) is 7. The van der Waals surface area contributed by atoms with Gasteiger partial charge in [-0.15, -0.1) is 5.10 Å². The van der Waals surface area contributed by atoms with E-state index in [-0.39, 0.29) is 0 Å². The van der Waals surface area contributed by atoms with Gasteiger partial charge >= 0.3 is 0 Å². The summed E-state index contributed by atoms with van der Waals surface area (Å²) in [7, 11) is 1.63. The zero-order chi connectivity index (χ0) is 16.9. The van der Waals surface area contributed by atoms with Crippen LogP contribution in [0.5, 0.6) is 5.75 Å². The van der Waals surface area contributed by atoms with Gasteiger partial charge in [-0.25, -0.2) is 0 Å². The lowest BCUT2D eigenvalue weighted by Crippen LogP contribution is -2.46. The summed E-state index contributed by atoms with van der Waals surface area (Å²) in [5, 5.41) is 11.4. The molecule has 0 unspecified atom stereocenters. The number of rotatable bonds is 5. The number of nitrogens with one attached hydrogen (secondary N) is 1. The molecule has 3 rings (SSSR count). The summed E-state index contributed by atoms with van der Waals surface area (Å²) >= 11 is 0. The molecule has 8 heteroatoms. The van der Waals surface area contributed by atoms with Crippen LogP contribution >= 0.6 is 0 Å². The van der Waals surface area contributed by atoms with Crippen LogP contribution < -0.4 is 15.0 Å². The number of hydrogen-bond donors (Lipinski definition) is 1. The molecule has 1 saturated heterocycles. The second-order valence-electron chi connectivity index (χ2n) is 5.60. The van der Waals surface area contributed by atoms with Gasteiger partial charge in [0.25, 0.3) is 0 Å². The molecule has 0 aliphatic carbocycles. The number of anilines is 3. The summed E-state index contributed by atoms with van der Waals surface area (Å²) < 4.78 is 5.37. The summed E-state index contributed by atoms with van der Waals surface area (Å²) in [5.74, 6) is 1.89. The predicted octanol–water partition coefficient (Wildman–Crippen LogP) is 1.21. The smallest absolute Gasteiger partial charge is 0.247 e. The van der Waals surface area contributed by atoms with E-state index in [4.69, 9.17) is 4.74 Å². The fourth-order valence-electron chi connectivity index (χ4n) is 2.57. The first-order chi connectivity index (χ1) is 11.7. The number of ether oxygens (including phenoxy) is 1. The zero-order valence-corrected chi connectivity index (χ0v) is 13.8. The van der Waals surface area contributed by atoms with E-state index in [0.717, 1.165) is 23.4 Å². The molecular weight excluding hydrogens is 308 g/mol. The number of aryl methyl sites for hydroxylation is 1. The molecule has 2 heterocycles. The minimum Gasteiger partial charge on any atom is -0.495 e. The largest absolute Gasteiger partial charge is 0.495 e. The molecule has 2 aromatic rings. The second kappa shape index (κ2) is 7.12. The summed E-state index contributed by atoms with van der Waals surface area (Å²) in [6, 6.07) is 5.88. The van der Waals surface area contributed by atoms with Gasteiger partial charge in [-0.05, 0) is 24.6 Å². The van der Waals surface area contributed by atoms with Crippen molar-refractivity contribution in [2.24, 2.45) is 0 Å². The van der Waals surface area contributed by atoms with Crippen molar-refractivity contribution in [2.75, 3.05) is 43.5 Å². The summed E-state index contributed by atoms with van der Waals surface area (Å²) in [6.07, 6.45) is 2.45. The lowest BCUT2D eigenvalue weighted by molar-refractivity contribution is -0.118. The van der Waals surface area contributed by atoms with Crippen LogP contribution in [0.2, 0.25) is 0 Å². The maximum Gasteiger partial charge on any atom is 0.247 e. The SMILES string of the molecule is COc1ccc(C)cc1Nc1cnnc(N2CCN(C=O)CC2)n1. The Balaban J connectivity index is 1.76. The highest BCUT2D eigenvalue weighted by Crippen LogP contribution is 2.28. The van der Waals surface area contributed by atoms with Gasteiger partial charge < -0.3 is 19.9 Å². The van der Waals surface area contributed by atoms with Crippen LogP contribution in [0.25, 0.3) is 0 Å². The third kappa shape index (κ3) is 3.53. The summed E-state index contributed by atoms with van der Waals surface area (Å²) in [4.78, 5) is 19.1. The predicted molar refractivity (Wildman–Crippen MR) is 90.7 cm³/mol. The Morgan fingerprint density at radius 1 is 1.25 bits per heavy atom. The van der Waals surface area contributed by atoms with Gasteiger partial charge in [0.1, 0.15) is 5.75 Å². The van der Waals surface area contributed by atoms with Gasteiger partial charge in [0, 0.05) is 26.2 Å². The van der Waals surface area contributed by atoms with Crippen molar-refractivity contribution >= 4 is 23.9 Å². The molecule has 1 aliphatic heterocycles. The molecule has 24 heavy (non-hydrogen) atoms. The quantitative estimate of drug-likeness (QED) is 0.826. The first kappa shape index (κ1) is 16.0. The Morgan fingerprint density at radius 2 is 2.04 bits per heavy atom. The fourth-order valence-corrected chi connectivity index (χ4v) is 2.57. The number of benzene rings is 1. The second-order valence-corrected chi connectivity index (χ2v) is 5.60. The number of amides is 1. The highest BCUT2D eigenvalue weighted by Gasteiger charge is 2.18. The van der Waals surface area contributed by atoms with Crippen molar-refractivity contribution < 1.29 is 9.53 Å². The van der Waals surface area contributed by atoms with E-state index < -0.39 is 0 Å². The standard InChI is InChI=1S/C16H20N6O2/c1-12-3-4-14(24-2)13(9-12)18-15-10-17-20-16(19-15)22-7-5-21(11-23)6-8-22/h3-4,9-11H,5-8H2,1-2H3,(H,18,19,20). The van der Waals surface area contributed by atoms with Crippen molar-refractivity contribution in [1.82, 2.24) is 20.1 Å². The van der Waals surface area contributed by atoms with Gasteiger partial charge in [0.05, 0.1) is 19.0 Å². The van der Waals surface area contributed by atoms with E-state index >= 15 is 0 Å². The van der Waals surface area contributed by atoms with Crippen LogP contribution in [0.4, 0.5) is 17.5 Å². The molecule has 1 fully saturated rings. The summed E-state index contributed by atoms with van der Waals surface area (Å²) in [5.41, 5.74) is 1.94. The van der Waals surface area contributed by atoms with Gasteiger partial charge in [0.15, 0.2) is 5.82 Å². The molecule has 0 saturated carbocycles. The van der Waals surface area contributed by atoms with E-state index in [9.17, 15) is 4.79 Å². The molecule has 0 bridgehead atoms. The lowest BCUT2D eigenvalue weighted by Gasteiger charge is -2.32. The monoisotopic (exact) mass is 328 g/mol. The van der Waals surface area contributed by atoms with Crippen molar-refractivity contribution in [3.05, 3.63) is 30.0 Å². The van der Waals surface area contributed by atoms with E-state index in [1.807, 2.05) is 30.0 Å². The topological polar surface area (TPSA) is 83.5 Å². The van der Waals surface area contributed by atoms with E-state index in [0.29, 0.717) is 37.9 Å². The molecule has 1 N–H and O–H groups in total. The van der Waals surface area contributed by atoms with Crippen molar-refractivity contribution in [1.29, 1.82) is 0 Å². The molecule has 8 nitrogen and oxygen atoms in total. The third-order valence-electron chi connectivity index (χ3n) is 3.91. The molecule has 1 amide bonds. The average Bonchev–Trinajstić information content (AvgIpc) is 2.62. The number of methoxy groups -OCH3 is 1. The highest BCUT2D eigenvalue weighted by atomic mass is 16.5. The summed E-state index contributed by atoms with van der Waals surface area (Å²) in [6.45, 7) is 4.72. The molecule has 1 aromatic heterocycles. The lowest BCUT2D eigenvalue weighted by atomic mass is 10.2.